The number of hydrogen-bond donors (Lipinski definition) is 2. The summed E-state index contributed by atoms with van der Waals surface area (Å²) in [5.74, 6) is 1.21. The van der Waals surface area contributed by atoms with Crippen molar-refractivity contribution in [2.45, 2.75) is 25.9 Å². The van der Waals surface area contributed by atoms with Crippen LogP contribution >= 0.6 is 0 Å². The van der Waals surface area contributed by atoms with Gasteiger partial charge >= 0.3 is 0 Å². The molecule has 2 atom stereocenters. The van der Waals surface area contributed by atoms with E-state index in [0.717, 1.165) is 49.7 Å². The van der Waals surface area contributed by atoms with E-state index in [9.17, 15) is 4.79 Å². The SMILES string of the molecule is O=C(NCc1ccccn1)C1CCC[NH+](Cc2cnn(-c3ccccc3)c2-n2cccc2)C1. The molecule has 1 saturated heterocycles. The summed E-state index contributed by atoms with van der Waals surface area (Å²) in [4.78, 5) is 18.6. The molecule has 2 unspecified atom stereocenters. The fraction of sp³-hybridized carbons (Fsp3) is 0.269. The van der Waals surface area contributed by atoms with Crippen molar-refractivity contribution >= 4 is 5.91 Å². The monoisotopic (exact) mass is 441 g/mol. The molecule has 4 heterocycles. The largest absolute Gasteiger partial charge is 0.350 e. The van der Waals surface area contributed by atoms with Gasteiger partial charge in [0.1, 0.15) is 12.4 Å². The third kappa shape index (κ3) is 4.88. The summed E-state index contributed by atoms with van der Waals surface area (Å²) in [7, 11) is 0. The van der Waals surface area contributed by atoms with Gasteiger partial charge in [-0.15, -0.1) is 0 Å². The molecule has 3 aromatic heterocycles. The van der Waals surface area contributed by atoms with Crippen molar-refractivity contribution in [3.05, 3.63) is 96.7 Å². The van der Waals surface area contributed by atoms with E-state index in [4.69, 9.17) is 5.10 Å². The normalized spacial score (nSPS) is 18.2. The number of likely N-dealkylation sites (tertiary alicyclic amines) is 1. The predicted octanol–water partition coefficient (Wildman–Crippen LogP) is 2.17. The number of benzene rings is 1. The zero-order chi connectivity index (χ0) is 22.5. The number of carbonyl (C=O) groups excluding carboxylic acids is 1. The lowest BCUT2D eigenvalue weighted by Crippen LogP contribution is -3.12. The van der Waals surface area contributed by atoms with E-state index in [-0.39, 0.29) is 11.8 Å². The number of nitrogens with one attached hydrogen (secondary N) is 2. The summed E-state index contributed by atoms with van der Waals surface area (Å²) < 4.78 is 4.12. The fourth-order valence-electron chi connectivity index (χ4n) is 4.64. The summed E-state index contributed by atoms with van der Waals surface area (Å²) >= 11 is 0. The van der Waals surface area contributed by atoms with Crippen molar-refractivity contribution in [2.75, 3.05) is 13.1 Å². The third-order valence-electron chi connectivity index (χ3n) is 6.27. The smallest absolute Gasteiger partial charge is 0.229 e. The molecule has 1 aliphatic heterocycles. The van der Waals surface area contributed by atoms with Gasteiger partial charge in [0.2, 0.25) is 5.91 Å². The van der Waals surface area contributed by atoms with Crippen molar-refractivity contribution in [1.29, 1.82) is 0 Å². The summed E-state index contributed by atoms with van der Waals surface area (Å²) in [5, 5.41) is 7.80. The molecule has 0 bridgehead atoms. The molecule has 0 radical (unpaired) electrons. The van der Waals surface area contributed by atoms with E-state index >= 15 is 0 Å². The van der Waals surface area contributed by atoms with Crippen molar-refractivity contribution in [3.8, 4) is 11.5 Å². The molecule has 1 amide bonds. The number of amides is 1. The Hall–Kier alpha value is -3.71. The van der Waals surface area contributed by atoms with Crippen molar-refractivity contribution in [3.63, 3.8) is 0 Å². The molecule has 0 saturated carbocycles. The lowest BCUT2D eigenvalue weighted by molar-refractivity contribution is -0.921. The third-order valence-corrected chi connectivity index (χ3v) is 6.27. The number of hydrogen-bond acceptors (Lipinski definition) is 3. The topological polar surface area (TPSA) is 69.2 Å². The van der Waals surface area contributed by atoms with Crippen LogP contribution < -0.4 is 10.2 Å². The van der Waals surface area contributed by atoms with Gasteiger partial charge in [0, 0.05) is 18.6 Å². The lowest BCUT2D eigenvalue weighted by atomic mass is 9.96. The van der Waals surface area contributed by atoms with Crippen molar-refractivity contribution < 1.29 is 9.69 Å². The van der Waals surface area contributed by atoms with E-state index in [1.807, 2.05) is 59.4 Å². The van der Waals surface area contributed by atoms with Gasteiger partial charge in [0.05, 0.1) is 48.7 Å². The van der Waals surface area contributed by atoms with Crippen LogP contribution in [0.3, 0.4) is 0 Å². The molecule has 168 valence electrons. The first-order valence-electron chi connectivity index (χ1n) is 11.5. The quantitative estimate of drug-likeness (QED) is 0.462. The molecule has 1 aromatic carbocycles. The van der Waals surface area contributed by atoms with Crippen LogP contribution in [0.25, 0.3) is 11.5 Å². The number of quaternary nitrogens is 1. The molecule has 4 aromatic rings. The van der Waals surface area contributed by atoms with Crippen LogP contribution in [0.4, 0.5) is 0 Å². The summed E-state index contributed by atoms with van der Waals surface area (Å²) in [6.45, 7) is 3.21. The number of nitrogens with zero attached hydrogens (tertiary/aromatic N) is 4. The highest BCUT2D eigenvalue weighted by atomic mass is 16.1. The molecule has 0 aliphatic carbocycles. The van der Waals surface area contributed by atoms with E-state index in [1.165, 1.54) is 10.5 Å². The van der Waals surface area contributed by atoms with Gasteiger partial charge in [-0.25, -0.2) is 4.68 Å². The second kappa shape index (κ2) is 9.83. The van der Waals surface area contributed by atoms with Gasteiger partial charge in [0.15, 0.2) is 0 Å². The Bertz CT molecular complexity index is 1170. The van der Waals surface area contributed by atoms with E-state index in [0.29, 0.717) is 6.54 Å². The molecule has 7 nitrogen and oxygen atoms in total. The number of rotatable bonds is 7. The lowest BCUT2D eigenvalue weighted by Gasteiger charge is -2.29. The van der Waals surface area contributed by atoms with E-state index in [1.54, 1.807) is 6.20 Å². The molecular formula is C26H29N6O+. The fourth-order valence-corrected chi connectivity index (χ4v) is 4.64. The number of carbonyl (C=O) groups is 1. The average molecular weight is 442 g/mol. The standard InChI is InChI=1S/C26H28N6O/c33-25(28-18-23-10-4-5-13-27-23)21-9-8-14-30(19-21)20-22-17-29-32(24-11-2-1-3-12-24)26(22)31-15-6-7-16-31/h1-7,10-13,15-17,21H,8-9,14,18-20H2,(H,28,33)/p+1. The maximum Gasteiger partial charge on any atom is 0.229 e. The number of aromatic nitrogens is 4. The summed E-state index contributed by atoms with van der Waals surface area (Å²) in [6, 6.07) is 20.0. The second-order valence-electron chi connectivity index (χ2n) is 8.59. The van der Waals surface area contributed by atoms with Crippen LogP contribution in [0.15, 0.2) is 85.5 Å². The Morgan fingerprint density at radius 1 is 1.06 bits per heavy atom. The first-order chi connectivity index (χ1) is 16.3. The number of para-hydroxylation sites is 1. The molecule has 1 fully saturated rings. The Kier molecular flexibility index (Phi) is 6.30. The highest BCUT2D eigenvalue weighted by molar-refractivity contribution is 5.78. The van der Waals surface area contributed by atoms with Crippen LogP contribution in [0, 0.1) is 5.92 Å². The van der Waals surface area contributed by atoms with Crippen LogP contribution in [-0.2, 0) is 17.9 Å². The maximum absolute atomic E-state index is 12.8. The van der Waals surface area contributed by atoms with Gasteiger partial charge < -0.3 is 14.8 Å². The first kappa shape index (κ1) is 21.2. The highest BCUT2D eigenvalue weighted by Gasteiger charge is 2.30. The first-order valence-corrected chi connectivity index (χ1v) is 11.5. The Morgan fingerprint density at radius 2 is 1.88 bits per heavy atom. The van der Waals surface area contributed by atoms with Gasteiger partial charge in [-0.3, -0.25) is 9.78 Å². The highest BCUT2D eigenvalue weighted by Crippen LogP contribution is 2.19. The van der Waals surface area contributed by atoms with Gasteiger partial charge in [-0.05, 0) is 49.2 Å². The zero-order valence-electron chi connectivity index (χ0n) is 18.6. The molecule has 7 heteroatoms. The van der Waals surface area contributed by atoms with Crippen molar-refractivity contribution in [1.82, 2.24) is 24.6 Å². The molecule has 33 heavy (non-hydrogen) atoms. The van der Waals surface area contributed by atoms with Gasteiger partial charge in [-0.2, -0.15) is 5.10 Å². The van der Waals surface area contributed by atoms with Crippen molar-refractivity contribution in [2.24, 2.45) is 5.92 Å². The minimum atomic E-state index is 0.0247. The van der Waals surface area contributed by atoms with Crippen LogP contribution in [0.1, 0.15) is 24.1 Å². The van der Waals surface area contributed by atoms with Crippen LogP contribution in [0.5, 0.6) is 0 Å². The predicted molar refractivity (Wildman–Crippen MR) is 126 cm³/mol. The second-order valence-corrected chi connectivity index (χ2v) is 8.59. The number of pyridine rings is 1. The van der Waals surface area contributed by atoms with E-state index < -0.39 is 0 Å². The molecule has 2 N–H and O–H groups in total. The Morgan fingerprint density at radius 3 is 2.67 bits per heavy atom. The maximum atomic E-state index is 12.8. The van der Waals surface area contributed by atoms with Crippen LogP contribution in [0.2, 0.25) is 0 Å². The molecule has 5 rings (SSSR count). The minimum absolute atomic E-state index is 0.0247. The van der Waals surface area contributed by atoms with Gasteiger partial charge in [0.25, 0.3) is 0 Å². The van der Waals surface area contributed by atoms with Gasteiger partial charge in [-0.1, -0.05) is 24.3 Å². The molecular weight excluding hydrogens is 412 g/mol. The molecule has 0 spiro atoms. The molecule has 1 aliphatic rings. The summed E-state index contributed by atoms with van der Waals surface area (Å²) in [6.07, 6.45) is 9.82. The van der Waals surface area contributed by atoms with E-state index in [2.05, 4.69) is 39.4 Å². The Labute approximate surface area is 193 Å². The summed E-state index contributed by atoms with van der Waals surface area (Å²) in [5.41, 5.74) is 3.10. The average Bonchev–Trinajstić information content (AvgIpc) is 3.54. The minimum Gasteiger partial charge on any atom is -0.350 e. The zero-order valence-corrected chi connectivity index (χ0v) is 18.6. The van der Waals surface area contributed by atoms with Crippen LogP contribution in [-0.4, -0.2) is 38.3 Å². The number of piperidine rings is 1. The Balaban J connectivity index is 1.30.